The first kappa shape index (κ1) is 13.6. The number of hydrogen-bond donors (Lipinski definition) is 1. The number of ether oxygens (including phenoxy) is 1. The van der Waals surface area contributed by atoms with Gasteiger partial charge in [-0.15, -0.1) is 0 Å². The molecule has 2 aromatic rings. The third kappa shape index (κ3) is 2.63. The molecule has 0 amide bonds. The number of aliphatic hydroxyl groups excluding tert-OH is 1. The number of nitrogens with zero attached hydrogens (tertiary/aromatic N) is 2. The second-order valence-electron chi connectivity index (χ2n) is 4.55. The largest absolute Gasteiger partial charge is 0.496 e. The first-order valence-corrected chi connectivity index (χ1v) is 6.50. The highest BCUT2D eigenvalue weighted by Gasteiger charge is 2.19. The summed E-state index contributed by atoms with van der Waals surface area (Å²) >= 11 is 0. The lowest BCUT2D eigenvalue weighted by molar-refractivity contribution is 0.206. The maximum atomic E-state index is 10.5. The fourth-order valence-corrected chi connectivity index (χ4v) is 2.22. The molecule has 1 N–H and O–H groups in total. The molecule has 4 nitrogen and oxygen atoms in total. The predicted octanol–water partition coefficient (Wildman–Crippen LogP) is 2.46. The van der Waals surface area contributed by atoms with E-state index in [1.165, 1.54) is 0 Å². The highest BCUT2D eigenvalue weighted by atomic mass is 16.5. The van der Waals surface area contributed by atoms with E-state index >= 15 is 0 Å². The van der Waals surface area contributed by atoms with E-state index in [0.29, 0.717) is 5.75 Å². The summed E-state index contributed by atoms with van der Waals surface area (Å²) in [4.78, 5) is 4.37. The topological polar surface area (TPSA) is 47.3 Å². The van der Waals surface area contributed by atoms with E-state index in [1.54, 1.807) is 13.3 Å². The quantitative estimate of drug-likeness (QED) is 0.898. The first-order chi connectivity index (χ1) is 9.19. The number of para-hydroxylation sites is 1. The Morgan fingerprint density at radius 1 is 1.37 bits per heavy atom. The van der Waals surface area contributed by atoms with Crippen molar-refractivity contribution in [2.75, 3.05) is 7.11 Å². The van der Waals surface area contributed by atoms with Gasteiger partial charge in [0.2, 0.25) is 0 Å². The first-order valence-electron chi connectivity index (χ1n) is 6.50. The fraction of sp³-hybridized carbons (Fsp3) is 0.400. The number of rotatable bonds is 5. The van der Waals surface area contributed by atoms with Gasteiger partial charge in [0.15, 0.2) is 0 Å². The highest BCUT2D eigenvalue weighted by molar-refractivity contribution is 5.38. The molecule has 0 fully saturated rings. The van der Waals surface area contributed by atoms with E-state index in [4.69, 9.17) is 4.74 Å². The van der Waals surface area contributed by atoms with Crippen LogP contribution in [-0.2, 0) is 13.5 Å². The predicted molar refractivity (Wildman–Crippen MR) is 74.3 cm³/mol. The van der Waals surface area contributed by atoms with Crippen LogP contribution in [0.5, 0.6) is 5.75 Å². The van der Waals surface area contributed by atoms with Crippen molar-refractivity contribution < 1.29 is 9.84 Å². The number of methoxy groups -OCH3 is 1. The number of aromatic nitrogens is 2. The monoisotopic (exact) mass is 260 g/mol. The van der Waals surface area contributed by atoms with Crippen molar-refractivity contribution in [1.82, 2.24) is 9.55 Å². The number of benzene rings is 1. The van der Waals surface area contributed by atoms with Crippen LogP contribution in [0.2, 0.25) is 0 Å². The molecule has 4 heteroatoms. The summed E-state index contributed by atoms with van der Waals surface area (Å²) in [5.41, 5.74) is 1.55. The number of hydrogen-bond acceptors (Lipinski definition) is 3. The molecular weight excluding hydrogens is 240 g/mol. The maximum Gasteiger partial charge on any atom is 0.125 e. The normalized spacial score (nSPS) is 12.4. The van der Waals surface area contributed by atoms with Gasteiger partial charge < -0.3 is 14.4 Å². The molecular formula is C15H20N2O2. The Bertz CT molecular complexity index is 549. The Morgan fingerprint density at radius 2 is 2.11 bits per heavy atom. The van der Waals surface area contributed by atoms with Gasteiger partial charge in [0.1, 0.15) is 17.7 Å². The average Bonchev–Trinajstić information content (AvgIpc) is 2.80. The van der Waals surface area contributed by atoms with E-state index in [9.17, 15) is 5.11 Å². The summed E-state index contributed by atoms with van der Waals surface area (Å²) in [5.74, 6) is 1.68. The Hall–Kier alpha value is -1.81. The second-order valence-corrected chi connectivity index (χ2v) is 4.55. The van der Waals surface area contributed by atoms with Crippen LogP contribution < -0.4 is 4.74 Å². The van der Waals surface area contributed by atoms with Crippen molar-refractivity contribution >= 4 is 0 Å². The molecule has 0 aliphatic heterocycles. The van der Waals surface area contributed by atoms with Crippen LogP contribution >= 0.6 is 0 Å². The molecule has 0 radical (unpaired) electrons. The van der Waals surface area contributed by atoms with Gasteiger partial charge in [0.05, 0.1) is 19.0 Å². The van der Waals surface area contributed by atoms with Gasteiger partial charge in [-0.25, -0.2) is 4.98 Å². The van der Waals surface area contributed by atoms with Crippen molar-refractivity contribution in [2.45, 2.75) is 25.9 Å². The standard InChI is InChI=1S/C15H20N2O2/c1-4-7-14-16-10-12(17(14)2)15(18)11-8-5-6-9-13(11)19-3/h5-6,8-10,15,18H,4,7H2,1-3H3/t15-/m0/s1. The fourth-order valence-electron chi connectivity index (χ4n) is 2.22. The van der Waals surface area contributed by atoms with Gasteiger partial charge in [-0.1, -0.05) is 25.1 Å². The summed E-state index contributed by atoms with van der Waals surface area (Å²) < 4.78 is 7.25. The summed E-state index contributed by atoms with van der Waals surface area (Å²) in [6, 6.07) is 7.50. The van der Waals surface area contributed by atoms with Crippen LogP contribution in [0.4, 0.5) is 0 Å². The van der Waals surface area contributed by atoms with Crippen LogP contribution in [-0.4, -0.2) is 21.8 Å². The number of imidazole rings is 1. The molecule has 0 bridgehead atoms. The Kier molecular flexibility index (Phi) is 4.22. The molecule has 0 unspecified atom stereocenters. The minimum Gasteiger partial charge on any atom is -0.496 e. The van der Waals surface area contributed by atoms with Crippen LogP contribution in [0.3, 0.4) is 0 Å². The van der Waals surface area contributed by atoms with Crippen molar-refractivity contribution in [3.63, 3.8) is 0 Å². The summed E-state index contributed by atoms with van der Waals surface area (Å²) in [5, 5.41) is 10.5. The average molecular weight is 260 g/mol. The SMILES string of the molecule is CCCc1ncc([C@@H](O)c2ccccc2OC)n1C. The van der Waals surface area contributed by atoms with Gasteiger partial charge in [-0.3, -0.25) is 0 Å². The van der Waals surface area contributed by atoms with E-state index < -0.39 is 6.10 Å². The molecule has 0 aliphatic rings. The van der Waals surface area contributed by atoms with Crippen molar-refractivity contribution in [3.8, 4) is 5.75 Å². The molecule has 1 aromatic heterocycles. The second kappa shape index (κ2) is 5.89. The lowest BCUT2D eigenvalue weighted by Gasteiger charge is -2.15. The van der Waals surface area contributed by atoms with Crippen LogP contribution in [0, 0.1) is 0 Å². The molecule has 1 atom stereocenters. The summed E-state index contributed by atoms with van der Waals surface area (Å²) in [7, 11) is 3.54. The zero-order chi connectivity index (χ0) is 13.8. The van der Waals surface area contributed by atoms with Gasteiger partial charge in [0.25, 0.3) is 0 Å². The molecule has 2 rings (SSSR count). The minimum atomic E-state index is -0.723. The highest BCUT2D eigenvalue weighted by Crippen LogP contribution is 2.29. The van der Waals surface area contributed by atoms with Gasteiger partial charge >= 0.3 is 0 Å². The smallest absolute Gasteiger partial charge is 0.125 e. The zero-order valence-corrected chi connectivity index (χ0v) is 11.6. The maximum absolute atomic E-state index is 10.5. The minimum absolute atomic E-state index is 0.688. The Morgan fingerprint density at radius 3 is 2.79 bits per heavy atom. The lowest BCUT2D eigenvalue weighted by Crippen LogP contribution is -2.09. The van der Waals surface area contributed by atoms with Gasteiger partial charge in [0, 0.05) is 19.0 Å². The van der Waals surface area contributed by atoms with Crippen LogP contribution in [0.1, 0.15) is 36.5 Å². The van der Waals surface area contributed by atoms with Crippen molar-refractivity contribution in [1.29, 1.82) is 0 Å². The number of aliphatic hydroxyl groups is 1. The van der Waals surface area contributed by atoms with Crippen LogP contribution in [0.15, 0.2) is 30.5 Å². The lowest BCUT2D eigenvalue weighted by atomic mass is 10.1. The van der Waals surface area contributed by atoms with E-state index in [-0.39, 0.29) is 0 Å². The summed E-state index contributed by atoms with van der Waals surface area (Å²) in [6.07, 6.45) is 2.96. The van der Waals surface area contributed by atoms with E-state index in [1.807, 2.05) is 35.9 Å². The van der Waals surface area contributed by atoms with E-state index in [0.717, 1.165) is 29.9 Å². The summed E-state index contributed by atoms with van der Waals surface area (Å²) in [6.45, 7) is 2.12. The Labute approximate surface area is 113 Å². The van der Waals surface area contributed by atoms with Gasteiger partial charge in [-0.2, -0.15) is 0 Å². The van der Waals surface area contributed by atoms with Crippen molar-refractivity contribution in [2.24, 2.45) is 7.05 Å². The molecule has 19 heavy (non-hydrogen) atoms. The zero-order valence-electron chi connectivity index (χ0n) is 11.6. The van der Waals surface area contributed by atoms with Crippen molar-refractivity contribution in [3.05, 3.63) is 47.5 Å². The Balaban J connectivity index is 2.36. The molecule has 0 saturated heterocycles. The molecule has 102 valence electrons. The van der Waals surface area contributed by atoms with Gasteiger partial charge in [-0.05, 0) is 12.5 Å². The number of aryl methyl sites for hydroxylation is 1. The molecule has 0 saturated carbocycles. The molecule has 1 aromatic carbocycles. The van der Waals surface area contributed by atoms with E-state index in [2.05, 4.69) is 11.9 Å². The third-order valence-electron chi connectivity index (χ3n) is 3.31. The third-order valence-corrected chi connectivity index (χ3v) is 3.31. The molecule has 0 spiro atoms. The molecule has 0 aliphatic carbocycles. The molecule has 1 heterocycles. The van der Waals surface area contributed by atoms with Crippen LogP contribution in [0.25, 0.3) is 0 Å².